The van der Waals surface area contributed by atoms with Crippen LogP contribution in [0.4, 0.5) is 4.39 Å². The first kappa shape index (κ1) is 15.5. The van der Waals surface area contributed by atoms with E-state index in [4.69, 9.17) is 4.74 Å². The summed E-state index contributed by atoms with van der Waals surface area (Å²) in [6.07, 6.45) is -1.49. The highest BCUT2D eigenvalue weighted by molar-refractivity contribution is 5.84. The van der Waals surface area contributed by atoms with Gasteiger partial charge in [-0.2, -0.15) is 0 Å². The predicted octanol–water partition coefficient (Wildman–Crippen LogP) is 1.95. The van der Waals surface area contributed by atoms with Gasteiger partial charge in [0.25, 0.3) is 0 Å². The van der Waals surface area contributed by atoms with Crippen molar-refractivity contribution in [3.63, 3.8) is 0 Å². The minimum Gasteiger partial charge on any atom is -0.376 e. The Bertz CT molecular complexity index is 207. The van der Waals surface area contributed by atoms with Crippen molar-refractivity contribution in [3.8, 4) is 0 Å². The summed E-state index contributed by atoms with van der Waals surface area (Å²) in [6, 6.07) is 0.540. The molecule has 0 aromatic heterocycles. The zero-order valence-corrected chi connectivity index (χ0v) is 10.9. The number of nitrogens with one attached hydrogen (secondary N) is 1. The number of halogens is 1. The smallest absolute Gasteiger partial charge is 0.181 e. The molecule has 0 aromatic rings. The first-order valence-corrected chi connectivity index (χ1v) is 5.86. The lowest BCUT2D eigenvalue weighted by molar-refractivity contribution is -0.129. The normalized spacial score (nSPS) is 15.5. The van der Waals surface area contributed by atoms with Crippen LogP contribution >= 0.6 is 0 Å². The van der Waals surface area contributed by atoms with Crippen LogP contribution in [0.1, 0.15) is 34.6 Å². The van der Waals surface area contributed by atoms with Crippen molar-refractivity contribution in [2.24, 2.45) is 5.92 Å². The second-order valence-corrected chi connectivity index (χ2v) is 4.78. The second kappa shape index (κ2) is 7.74. The molecule has 0 bridgehead atoms. The average molecular weight is 233 g/mol. The Labute approximate surface area is 97.7 Å². The molecule has 0 rings (SSSR count). The molecule has 16 heavy (non-hydrogen) atoms. The third-order valence-electron chi connectivity index (χ3n) is 2.13. The minimum atomic E-state index is -1.49. The van der Waals surface area contributed by atoms with E-state index in [1.807, 2.05) is 20.8 Å². The van der Waals surface area contributed by atoms with Crippen LogP contribution in [0.2, 0.25) is 0 Å². The lowest BCUT2D eigenvalue weighted by Crippen LogP contribution is -2.37. The van der Waals surface area contributed by atoms with Crippen molar-refractivity contribution >= 4 is 5.78 Å². The van der Waals surface area contributed by atoms with Gasteiger partial charge in [0.1, 0.15) is 0 Å². The number of rotatable bonds is 8. The number of ether oxygens (including phenoxy) is 1. The van der Waals surface area contributed by atoms with Crippen LogP contribution in [-0.4, -0.2) is 37.3 Å². The quantitative estimate of drug-likeness (QED) is 0.696. The van der Waals surface area contributed by atoms with Gasteiger partial charge < -0.3 is 10.1 Å². The van der Waals surface area contributed by atoms with Crippen LogP contribution in [0.25, 0.3) is 0 Å². The number of ketones is 1. The summed E-state index contributed by atoms with van der Waals surface area (Å²) in [5.74, 6) is -0.658. The zero-order chi connectivity index (χ0) is 12.7. The van der Waals surface area contributed by atoms with E-state index in [9.17, 15) is 9.18 Å². The predicted molar refractivity (Wildman–Crippen MR) is 63.3 cm³/mol. The molecule has 0 unspecified atom stereocenters. The average Bonchev–Trinajstić information content (AvgIpc) is 2.14. The summed E-state index contributed by atoms with van der Waals surface area (Å²) in [4.78, 5) is 11.2. The van der Waals surface area contributed by atoms with Crippen molar-refractivity contribution < 1.29 is 13.9 Å². The Balaban J connectivity index is 3.69. The van der Waals surface area contributed by atoms with Gasteiger partial charge in [0.15, 0.2) is 12.0 Å². The van der Waals surface area contributed by atoms with E-state index in [0.717, 1.165) is 0 Å². The molecule has 0 saturated carbocycles. The van der Waals surface area contributed by atoms with Crippen LogP contribution in [0.5, 0.6) is 0 Å². The van der Waals surface area contributed by atoms with Crippen LogP contribution in [0.15, 0.2) is 0 Å². The minimum absolute atomic E-state index is 0.138. The molecule has 0 aliphatic heterocycles. The van der Waals surface area contributed by atoms with Crippen LogP contribution in [0.3, 0.4) is 0 Å². The van der Waals surface area contributed by atoms with Gasteiger partial charge in [0.05, 0.1) is 13.2 Å². The molecule has 0 fully saturated rings. The molecule has 2 atom stereocenters. The van der Waals surface area contributed by atoms with Gasteiger partial charge >= 0.3 is 0 Å². The SMILES string of the molecule is CC(C)N[C@@H](C)COC[C@@H](F)C(=O)C(C)C. The first-order chi connectivity index (χ1) is 7.34. The third-order valence-corrected chi connectivity index (χ3v) is 2.13. The van der Waals surface area contributed by atoms with Crippen molar-refractivity contribution in [2.75, 3.05) is 13.2 Å². The molecule has 96 valence electrons. The Morgan fingerprint density at radius 1 is 1.19 bits per heavy atom. The van der Waals surface area contributed by atoms with E-state index in [0.29, 0.717) is 12.6 Å². The summed E-state index contributed by atoms with van der Waals surface area (Å²) < 4.78 is 18.4. The molecule has 3 nitrogen and oxygen atoms in total. The molecule has 0 saturated heterocycles. The molecule has 0 aliphatic carbocycles. The van der Waals surface area contributed by atoms with Crippen molar-refractivity contribution in [1.82, 2.24) is 5.32 Å². The highest BCUT2D eigenvalue weighted by Crippen LogP contribution is 2.04. The Morgan fingerprint density at radius 3 is 2.19 bits per heavy atom. The number of carbonyl (C=O) groups excluding carboxylic acids is 1. The maximum absolute atomic E-state index is 13.3. The lowest BCUT2D eigenvalue weighted by Gasteiger charge is -2.17. The van der Waals surface area contributed by atoms with Crippen LogP contribution in [-0.2, 0) is 9.53 Å². The summed E-state index contributed by atoms with van der Waals surface area (Å²) in [6.45, 7) is 9.71. The summed E-state index contributed by atoms with van der Waals surface area (Å²) in [5.41, 5.74) is 0. The Hall–Kier alpha value is -0.480. The molecule has 1 N–H and O–H groups in total. The van der Waals surface area contributed by atoms with E-state index in [1.165, 1.54) is 0 Å². The Kier molecular flexibility index (Phi) is 7.51. The third kappa shape index (κ3) is 6.90. The van der Waals surface area contributed by atoms with Gasteiger partial charge in [0.2, 0.25) is 0 Å². The number of alkyl halides is 1. The second-order valence-electron chi connectivity index (χ2n) is 4.78. The molecular formula is C12H24FNO2. The highest BCUT2D eigenvalue weighted by Gasteiger charge is 2.20. The zero-order valence-electron chi connectivity index (χ0n) is 10.9. The summed E-state index contributed by atoms with van der Waals surface area (Å²) >= 11 is 0. The molecule has 0 aliphatic rings. The van der Waals surface area contributed by atoms with Crippen LogP contribution in [0, 0.1) is 5.92 Å². The highest BCUT2D eigenvalue weighted by atomic mass is 19.1. The van der Waals surface area contributed by atoms with E-state index >= 15 is 0 Å². The van der Waals surface area contributed by atoms with Gasteiger partial charge in [-0.05, 0) is 6.92 Å². The largest absolute Gasteiger partial charge is 0.376 e. The topological polar surface area (TPSA) is 38.3 Å². The molecule has 0 aromatic carbocycles. The fourth-order valence-corrected chi connectivity index (χ4v) is 1.41. The molecular weight excluding hydrogens is 209 g/mol. The van der Waals surface area contributed by atoms with E-state index in [2.05, 4.69) is 5.32 Å². The fourth-order valence-electron chi connectivity index (χ4n) is 1.41. The molecule has 4 heteroatoms. The summed E-state index contributed by atoms with van der Waals surface area (Å²) in [5, 5.41) is 3.24. The van der Waals surface area contributed by atoms with Crippen LogP contribution < -0.4 is 5.32 Å². The van der Waals surface area contributed by atoms with Crippen molar-refractivity contribution in [3.05, 3.63) is 0 Å². The maximum atomic E-state index is 13.3. The van der Waals surface area contributed by atoms with Crippen molar-refractivity contribution in [1.29, 1.82) is 0 Å². The van der Waals surface area contributed by atoms with Gasteiger partial charge in [-0.15, -0.1) is 0 Å². The fraction of sp³-hybridized carbons (Fsp3) is 0.917. The van der Waals surface area contributed by atoms with E-state index in [1.54, 1.807) is 13.8 Å². The molecule has 0 amide bonds. The monoisotopic (exact) mass is 233 g/mol. The number of carbonyl (C=O) groups is 1. The number of Topliss-reactive ketones (excluding diaryl/α,β-unsaturated/α-hetero) is 1. The summed E-state index contributed by atoms with van der Waals surface area (Å²) in [7, 11) is 0. The van der Waals surface area contributed by atoms with Gasteiger partial charge in [-0.25, -0.2) is 4.39 Å². The van der Waals surface area contributed by atoms with E-state index < -0.39 is 6.17 Å². The Morgan fingerprint density at radius 2 is 1.75 bits per heavy atom. The van der Waals surface area contributed by atoms with Gasteiger partial charge in [-0.1, -0.05) is 27.7 Å². The number of hydrogen-bond acceptors (Lipinski definition) is 3. The molecule has 0 radical (unpaired) electrons. The number of hydrogen-bond donors (Lipinski definition) is 1. The first-order valence-electron chi connectivity index (χ1n) is 5.86. The molecule has 0 heterocycles. The lowest BCUT2D eigenvalue weighted by atomic mass is 10.1. The maximum Gasteiger partial charge on any atom is 0.181 e. The molecule has 0 spiro atoms. The van der Waals surface area contributed by atoms with E-state index in [-0.39, 0.29) is 24.3 Å². The van der Waals surface area contributed by atoms with Gasteiger partial charge in [-0.3, -0.25) is 4.79 Å². The van der Waals surface area contributed by atoms with Gasteiger partial charge in [0, 0.05) is 18.0 Å². The standard InChI is InChI=1S/C12H24FNO2/c1-8(2)12(15)11(13)7-16-6-10(5)14-9(3)4/h8-11,14H,6-7H2,1-5H3/t10-,11+/m0/s1. The van der Waals surface area contributed by atoms with Crippen molar-refractivity contribution in [2.45, 2.75) is 52.9 Å².